The van der Waals surface area contributed by atoms with Gasteiger partial charge in [-0.05, 0) is 53.4 Å². The number of rotatable bonds is 3. The highest BCUT2D eigenvalue weighted by molar-refractivity contribution is 9.10. The van der Waals surface area contributed by atoms with Crippen LogP contribution in [0, 0.1) is 0 Å². The molecule has 0 spiro atoms. The number of hydrogen-bond acceptors (Lipinski definition) is 3. The number of sulfone groups is 1. The number of benzene rings is 1. The zero-order valence-electron chi connectivity index (χ0n) is 10.7. The van der Waals surface area contributed by atoms with Gasteiger partial charge in [-0.15, -0.1) is 0 Å². The summed E-state index contributed by atoms with van der Waals surface area (Å²) in [6.45, 7) is 0. The van der Waals surface area contributed by atoms with Crippen molar-refractivity contribution in [2.24, 2.45) is 0 Å². The molecule has 1 N–H and O–H groups in total. The first-order valence-corrected chi connectivity index (χ1v) is 9.39. The summed E-state index contributed by atoms with van der Waals surface area (Å²) in [5.41, 5.74) is 0.968. The smallest absolute Gasteiger partial charge is 0.150 e. The molecule has 3 nitrogen and oxygen atoms in total. The van der Waals surface area contributed by atoms with Crippen molar-refractivity contribution in [3.63, 3.8) is 0 Å². The van der Waals surface area contributed by atoms with Gasteiger partial charge in [0, 0.05) is 22.5 Å². The van der Waals surface area contributed by atoms with Crippen LogP contribution >= 0.6 is 27.5 Å². The second kappa shape index (κ2) is 6.02. The van der Waals surface area contributed by atoms with Crippen LogP contribution in [0.1, 0.15) is 25.7 Å². The standard InChI is InChI=1S/C13H17BrClNO2S/c1-19(17,18)11-4-2-3-9(7-11)16-10-5-6-13(15)12(14)8-10/h5-6,8-9,11,16H,2-4,7H2,1H3. The van der Waals surface area contributed by atoms with Crippen LogP contribution < -0.4 is 5.32 Å². The van der Waals surface area contributed by atoms with E-state index in [1.165, 1.54) is 6.26 Å². The van der Waals surface area contributed by atoms with Crippen molar-refractivity contribution in [3.8, 4) is 0 Å². The molecule has 106 valence electrons. The maximum absolute atomic E-state index is 11.6. The number of halogens is 2. The Morgan fingerprint density at radius 1 is 1.37 bits per heavy atom. The number of hydrogen-bond donors (Lipinski definition) is 1. The quantitative estimate of drug-likeness (QED) is 0.883. The van der Waals surface area contributed by atoms with Gasteiger partial charge in [0.25, 0.3) is 0 Å². The maximum atomic E-state index is 11.6. The summed E-state index contributed by atoms with van der Waals surface area (Å²) in [6.07, 6.45) is 4.75. The maximum Gasteiger partial charge on any atom is 0.150 e. The van der Waals surface area contributed by atoms with E-state index in [0.717, 1.165) is 29.4 Å². The van der Waals surface area contributed by atoms with Crippen molar-refractivity contribution in [2.75, 3.05) is 11.6 Å². The van der Waals surface area contributed by atoms with E-state index < -0.39 is 9.84 Å². The average molecular weight is 367 g/mol. The summed E-state index contributed by atoms with van der Waals surface area (Å²) < 4.78 is 24.1. The second-order valence-corrected chi connectivity index (χ2v) is 8.68. The van der Waals surface area contributed by atoms with Gasteiger partial charge in [-0.3, -0.25) is 0 Å². The van der Waals surface area contributed by atoms with Crippen molar-refractivity contribution in [1.82, 2.24) is 0 Å². The summed E-state index contributed by atoms with van der Waals surface area (Å²) in [6, 6.07) is 5.87. The van der Waals surface area contributed by atoms with E-state index >= 15 is 0 Å². The minimum atomic E-state index is -2.94. The monoisotopic (exact) mass is 365 g/mol. The largest absolute Gasteiger partial charge is 0.382 e. The van der Waals surface area contributed by atoms with Crippen molar-refractivity contribution >= 4 is 43.1 Å². The first kappa shape index (κ1) is 15.1. The van der Waals surface area contributed by atoms with E-state index in [9.17, 15) is 8.42 Å². The molecule has 1 aromatic carbocycles. The normalized spacial score (nSPS) is 24.2. The highest BCUT2D eigenvalue weighted by atomic mass is 79.9. The Labute approximate surface area is 127 Å². The molecular formula is C13H17BrClNO2S. The van der Waals surface area contributed by atoms with Gasteiger partial charge in [0.05, 0.1) is 10.3 Å². The lowest BCUT2D eigenvalue weighted by atomic mass is 9.95. The zero-order chi connectivity index (χ0) is 14.0. The van der Waals surface area contributed by atoms with Gasteiger partial charge in [0.1, 0.15) is 9.84 Å². The molecule has 6 heteroatoms. The molecule has 0 saturated heterocycles. The van der Waals surface area contributed by atoms with Crippen LogP contribution in [0.4, 0.5) is 5.69 Å². The molecule has 2 rings (SSSR count). The Morgan fingerprint density at radius 3 is 2.74 bits per heavy atom. The molecule has 1 saturated carbocycles. The van der Waals surface area contributed by atoms with Crippen LogP contribution in [0.5, 0.6) is 0 Å². The fourth-order valence-corrected chi connectivity index (χ4v) is 4.16. The van der Waals surface area contributed by atoms with Gasteiger partial charge in [0.2, 0.25) is 0 Å². The minimum absolute atomic E-state index is 0.210. The summed E-state index contributed by atoms with van der Waals surface area (Å²) in [5.74, 6) is 0. The third kappa shape index (κ3) is 4.10. The third-order valence-electron chi connectivity index (χ3n) is 3.52. The topological polar surface area (TPSA) is 46.2 Å². The molecule has 1 aromatic rings. The average Bonchev–Trinajstić information content (AvgIpc) is 2.33. The summed E-state index contributed by atoms with van der Waals surface area (Å²) in [5, 5.41) is 3.85. The molecule has 1 aliphatic rings. The van der Waals surface area contributed by atoms with Crippen LogP contribution in [0.2, 0.25) is 5.02 Å². The molecule has 1 fully saturated rings. The van der Waals surface area contributed by atoms with Crippen molar-refractivity contribution in [3.05, 3.63) is 27.7 Å². The lowest BCUT2D eigenvalue weighted by Crippen LogP contribution is -2.34. The molecule has 0 aliphatic heterocycles. The highest BCUT2D eigenvalue weighted by Gasteiger charge is 2.28. The Hall–Kier alpha value is -0.260. The van der Waals surface area contributed by atoms with E-state index in [2.05, 4.69) is 21.2 Å². The minimum Gasteiger partial charge on any atom is -0.382 e. The molecule has 0 amide bonds. The van der Waals surface area contributed by atoms with E-state index in [0.29, 0.717) is 11.4 Å². The summed E-state index contributed by atoms with van der Waals surface area (Å²) in [4.78, 5) is 0. The summed E-state index contributed by atoms with van der Waals surface area (Å²) in [7, 11) is -2.94. The summed E-state index contributed by atoms with van der Waals surface area (Å²) >= 11 is 9.34. The van der Waals surface area contributed by atoms with Gasteiger partial charge >= 0.3 is 0 Å². The molecule has 19 heavy (non-hydrogen) atoms. The van der Waals surface area contributed by atoms with E-state index in [1.807, 2.05) is 18.2 Å². The molecular weight excluding hydrogens is 350 g/mol. The molecule has 0 heterocycles. The van der Waals surface area contributed by atoms with Gasteiger partial charge < -0.3 is 5.32 Å². The Bertz CT molecular complexity index is 562. The Balaban J connectivity index is 2.04. The highest BCUT2D eigenvalue weighted by Crippen LogP contribution is 2.29. The van der Waals surface area contributed by atoms with Crippen molar-refractivity contribution in [1.29, 1.82) is 0 Å². The molecule has 2 atom stereocenters. The second-order valence-electron chi connectivity index (χ2n) is 5.09. The van der Waals surface area contributed by atoms with Gasteiger partial charge in [-0.2, -0.15) is 0 Å². The molecule has 0 bridgehead atoms. The molecule has 0 radical (unpaired) electrons. The van der Waals surface area contributed by atoms with E-state index in [-0.39, 0.29) is 11.3 Å². The Kier molecular flexibility index (Phi) is 4.79. The Morgan fingerprint density at radius 2 is 2.11 bits per heavy atom. The van der Waals surface area contributed by atoms with Crippen molar-refractivity contribution < 1.29 is 8.42 Å². The van der Waals surface area contributed by atoms with Crippen molar-refractivity contribution in [2.45, 2.75) is 37.0 Å². The number of anilines is 1. The van der Waals surface area contributed by atoms with Gasteiger partial charge in [-0.25, -0.2) is 8.42 Å². The van der Waals surface area contributed by atoms with E-state index in [1.54, 1.807) is 0 Å². The van der Waals surface area contributed by atoms with Crippen LogP contribution in [-0.4, -0.2) is 26.0 Å². The van der Waals surface area contributed by atoms with E-state index in [4.69, 9.17) is 11.6 Å². The first-order valence-electron chi connectivity index (χ1n) is 6.26. The molecule has 1 aliphatic carbocycles. The fraction of sp³-hybridized carbons (Fsp3) is 0.538. The van der Waals surface area contributed by atoms with Gasteiger partial charge in [0.15, 0.2) is 0 Å². The van der Waals surface area contributed by atoms with Crippen LogP contribution in [-0.2, 0) is 9.84 Å². The predicted molar refractivity (Wildman–Crippen MR) is 83.7 cm³/mol. The zero-order valence-corrected chi connectivity index (χ0v) is 13.9. The lowest BCUT2D eigenvalue weighted by molar-refractivity contribution is 0.453. The lowest BCUT2D eigenvalue weighted by Gasteiger charge is -2.29. The van der Waals surface area contributed by atoms with Gasteiger partial charge in [-0.1, -0.05) is 18.0 Å². The number of nitrogens with one attached hydrogen (secondary N) is 1. The molecule has 2 unspecified atom stereocenters. The third-order valence-corrected chi connectivity index (χ3v) is 6.38. The predicted octanol–water partition coefficient (Wildman–Crippen LogP) is 3.87. The van der Waals surface area contributed by atoms with Crippen LogP contribution in [0.3, 0.4) is 0 Å². The fourth-order valence-electron chi connectivity index (χ4n) is 2.49. The SMILES string of the molecule is CS(=O)(=O)C1CCCC(Nc2ccc(Cl)c(Br)c2)C1. The molecule has 0 aromatic heterocycles. The van der Waals surface area contributed by atoms with Crippen LogP contribution in [0.15, 0.2) is 22.7 Å². The van der Waals surface area contributed by atoms with Crippen LogP contribution in [0.25, 0.3) is 0 Å². The first-order chi connectivity index (χ1) is 8.86.